The molecular weight excluding hydrogens is 138 g/mol. The summed E-state index contributed by atoms with van der Waals surface area (Å²) in [6.45, 7) is 5.29. The highest BCUT2D eigenvalue weighted by molar-refractivity contribution is 4.94. The van der Waals surface area contributed by atoms with E-state index in [0.29, 0.717) is 12.1 Å². The van der Waals surface area contributed by atoms with Crippen LogP contribution in [0.3, 0.4) is 0 Å². The lowest BCUT2D eigenvalue weighted by Gasteiger charge is -2.39. The van der Waals surface area contributed by atoms with Gasteiger partial charge in [0.1, 0.15) is 0 Å². The summed E-state index contributed by atoms with van der Waals surface area (Å²) in [6, 6.07) is 0.638. The van der Waals surface area contributed by atoms with Gasteiger partial charge in [0.05, 0.1) is 12.7 Å². The van der Waals surface area contributed by atoms with Crippen LogP contribution in [0.4, 0.5) is 0 Å². The zero-order valence-electron chi connectivity index (χ0n) is 7.39. The quantitative estimate of drug-likeness (QED) is 0.569. The Bertz CT molecular complexity index is 156. The van der Waals surface area contributed by atoms with Crippen LogP contribution in [0.2, 0.25) is 0 Å². The molecule has 1 heterocycles. The van der Waals surface area contributed by atoms with Gasteiger partial charge >= 0.3 is 0 Å². The standard InChI is InChI=1S/C9H17NO/c1-9(2)6-11-8-5-3-4-7(8)10-9/h7-8,10H,3-6H2,1-2H3/t7-,8+/m0/s1. The molecule has 1 saturated carbocycles. The summed E-state index contributed by atoms with van der Waals surface area (Å²) < 4.78 is 5.75. The number of rotatable bonds is 0. The number of hydrogen-bond acceptors (Lipinski definition) is 2. The molecule has 0 spiro atoms. The first-order valence-corrected chi connectivity index (χ1v) is 4.57. The molecular formula is C9H17NO. The summed E-state index contributed by atoms with van der Waals surface area (Å²) >= 11 is 0. The highest BCUT2D eigenvalue weighted by Gasteiger charge is 2.37. The van der Waals surface area contributed by atoms with Gasteiger partial charge in [0.2, 0.25) is 0 Å². The molecule has 1 aliphatic carbocycles. The van der Waals surface area contributed by atoms with Crippen molar-refractivity contribution in [2.24, 2.45) is 0 Å². The molecule has 1 saturated heterocycles. The second-order valence-corrected chi connectivity index (χ2v) is 4.42. The normalized spacial score (nSPS) is 42.0. The zero-order valence-corrected chi connectivity index (χ0v) is 7.39. The summed E-state index contributed by atoms with van der Waals surface area (Å²) in [4.78, 5) is 0. The molecule has 0 amide bonds. The molecule has 0 aromatic rings. The third-order valence-electron chi connectivity index (χ3n) is 2.69. The van der Waals surface area contributed by atoms with E-state index in [9.17, 15) is 0 Å². The predicted octanol–water partition coefficient (Wildman–Crippen LogP) is 1.31. The van der Waals surface area contributed by atoms with Crippen LogP contribution in [0.1, 0.15) is 33.1 Å². The van der Waals surface area contributed by atoms with Crippen molar-refractivity contribution in [3.05, 3.63) is 0 Å². The van der Waals surface area contributed by atoms with E-state index in [1.54, 1.807) is 0 Å². The molecule has 0 radical (unpaired) electrons. The number of fused-ring (bicyclic) bond motifs is 1. The Kier molecular flexibility index (Phi) is 1.69. The first-order chi connectivity index (χ1) is 5.17. The van der Waals surface area contributed by atoms with E-state index < -0.39 is 0 Å². The first kappa shape index (κ1) is 7.56. The van der Waals surface area contributed by atoms with E-state index in [1.165, 1.54) is 19.3 Å². The van der Waals surface area contributed by atoms with Gasteiger partial charge in [-0.15, -0.1) is 0 Å². The first-order valence-electron chi connectivity index (χ1n) is 4.57. The number of ether oxygens (including phenoxy) is 1. The van der Waals surface area contributed by atoms with Crippen molar-refractivity contribution < 1.29 is 4.74 Å². The molecule has 2 heteroatoms. The van der Waals surface area contributed by atoms with Crippen LogP contribution in [0.15, 0.2) is 0 Å². The minimum atomic E-state index is 0.200. The maximum absolute atomic E-state index is 5.75. The summed E-state index contributed by atoms with van der Waals surface area (Å²) in [5.41, 5.74) is 0.200. The van der Waals surface area contributed by atoms with E-state index in [2.05, 4.69) is 19.2 Å². The molecule has 1 N–H and O–H groups in total. The van der Waals surface area contributed by atoms with Crippen molar-refractivity contribution in [1.82, 2.24) is 5.32 Å². The van der Waals surface area contributed by atoms with Crippen LogP contribution >= 0.6 is 0 Å². The fourth-order valence-electron chi connectivity index (χ4n) is 2.15. The second kappa shape index (κ2) is 2.46. The lowest BCUT2D eigenvalue weighted by atomic mass is 10.0. The lowest BCUT2D eigenvalue weighted by molar-refractivity contribution is -0.0389. The summed E-state index contributed by atoms with van der Waals surface area (Å²) in [7, 11) is 0. The topological polar surface area (TPSA) is 21.3 Å². The van der Waals surface area contributed by atoms with E-state index in [0.717, 1.165) is 6.61 Å². The van der Waals surface area contributed by atoms with Crippen molar-refractivity contribution in [3.8, 4) is 0 Å². The number of morpholine rings is 1. The largest absolute Gasteiger partial charge is 0.375 e. The Labute approximate surface area is 68.3 Å². The third-order valence-corrected chi connectivity index (χ3v) is 2.69. The van der Waals surface area contributed by atoms with Gasteiger partial charge in [-0.25, -0.2) is 0 Å². The number of nitrogens with one attached hydrogen (secondary N) is 1. The summed E-state index contributed by atoms with van der Waals surface area (Å²) in [6.07, 6.45) is 4.41. The molecule has 2 fully saturated rings. The SMILES string of the molecule is CC1(C)CO[C@@H]2CCC[C@@H]2N1. The van der Waals surface area contributed by atoms with Gasteiger partial charge in [-0.3, -0.25) is 0 Å². The molecule has 2 rings (SSSR count). The third kappa shape index (κ3) is 1.42. The van der Waals surface area contributed by atoms with E-state index in [4.69, 9.17) is 4.74 Å². The number of hydrogen-bond donors (Lipinski definition) is 1. The summed E-state index contributed by atoms with van der Waals surface area (Å²) in [5.74, 6) is 0. The molecule has 2 atom stereocenters. The molecule has 0 aromatic carbocycles. The van der Waals surface area contributed by atoms with Gasteiger partial charge in [-0.05, 0) is 33.1 Å². The van der Waals surface area contributed by atoms with Gasteiger partial charge in [0.15, 0.2) is 0 Å². The predicted molar refractivity (Wildman–Crippen MR) is 44.6 cm³/mol. The minimum absolute atomic E-state index is 0.200. The fraction of sp³-hybridized carbons (Fsp3) is 1.00. The Morgan fingerprint density at radius 3 is 3.00 bits per heavy atom. The average molecular weight is 155 g/mol. The Balaban J connectivity index is 2.02. The van der Waals surface area contributed by atoms with Gasteiger partial charge in [0.25, 0.3) is 0 Å². The monoisotopic (exact) mass is 155 g/mol. The highest BCUT2D eigenvalue weighted by Crippen LogP contribution is 2.28. The van der Waals surface area contributed by atoms with Crippen molar-refractivity contribution in [2.45, 2.75) is 50.8 Å². The fourth-order valence-corrected chi connectivity index (χ4v) is 2.15. The van der Waals surface area contributed by atoms with E-state index in [-0.39, 0.29) is 5.54 Å². The lowest BCUT2D eigenvalue weighted by Crippen LogP contribution is -2.57. The van der Waals surface area contributed by atoms with Crippen LogP contribution in [0.25, 0.3) is 0 Å². The van der Waals surface area contributed by atoms with Gasteiger partial charge in [-0.2, -0.15) is 0 Å². The molecule has 2 aliphatic rings. The van der Waals surface area contributed by atoms with Crippen molar-refractivity contribution >= 4 is 0 Å². The average Bonchev–Trinajstić information content (AvgIpc) is 2.31. The molecule has 0 unspecified atom stereocenters. The minimum Gasteiger partial charge on any atom is -0.375 e. The Hall–Kier alpha value is -0.0800. The Morgan fingerprint density at radius 2 is 2.18 bits per heavy atom. The van der Waals surface area contributed by atoms with Crippen LogP contribution in [-0.4, -0.2) is 24.3 Å². The van der Waals surface area contributed by atoms with Crippen molar-refractivity contribution in [2.75, 3.05) is 6.61 Å². The molecule has 64 valence electrons. The van der Waals surface area contributed by atoms with Crippen molar-refractivity contribution in [1.29, 1.82) is 0 Å². The van der Waals surface area contributed by atoms with Gasteiger partial charge in [-0.1, -0.05) is 0 Å². The highest BCUT2D eigenvalue weighted by atomic mass is 16.5. The van der Waals surface area contributed by atoms with E-state index in [1.807, 2.05) is 0 Å². The maximum Gasteiger partial charge on any atom is 0.0729 e. The van der Waals surface area contributed by atoms with Gasteiger partial charge in [0, 0.05) is 11.6 Å². The zero-order chi connectivity index (χ0) is 7.90. The molecule has 11 heavy (non-hydrogen) atoms. The molecule has 0 aromatic heterocycles. The summed E-state index contributed by atoms with van der Waals surface area (Å²) in [5, 5.41) is 3.63. The molecule has 0 bridgehead atoms. The van der Waals surface area contributed by atoms with Crippen LogP contribution in [0, 0.1) is 0 Å². The molecule has 1 aliphatic heterocycles. The maximum atomic E-state index is 5.75. The van der Waals surface area contributed by atoms with Gasteiger partial charge < -0.3 is 10.1 Å². The van der Waals surface area contributed by atoms with Crippen LogP contribution in [0.5, 0.6) is 0 Å². The van der Waals surface area contributed by atoms with Crippen LogP contribution in [-0.2, 0) is 4.74 Å². The second-order valence-electron chi connectivity index (χ2n) is 4.42. The molecule has 2 nitrogen and oxygen atoms in total. The Morgan fingerprint density at radius 1 is 1.36 bits per heavy atom. The smallest absolute Gasteiger partial charge is 0.0729 e. The van der Waals surface area contributed by atoms with Crippen molar-refractivity contribution in [3.63, 3.8) is 0 Å². The van der Waals surface area contributed by atoms with Crippen LogP contribution < -0.4 is 5.32 Å². The van der Waals surface area contributed by atoms with E-state index >= 15 is 0 Å².